The van der Waals surface area contributed by atoms with Crippen LogP contribution in [0.1, 0.15) is 96.5 Å². The Hall–Kier alpha value is -2.06. The number of hydrogen-bond donors (Lipinski definition) is 0. The normalized spacial score (nSPS) is 11.6. The van der Waals surface area contributed by atoms with E-state index in [0.717, 1.165) is 36.2 Å². The van der Waals surface area contributed by atoms with Gasteiger partial charge in [-0.05, 0) is 48.2 Å². The van der Waals surface area contributed by atoms with Gasteiger partial charge in [0.25, 0.3) is 0 Å². The Morgan fingerprint density at radius 3 is 2.02 bits per heavy atom. The molecule has 0 saturated heterocycles. The molecule has 0 aliphatic heterocycles. The van der Waals surface area contributed by atoms with E-state index in [2.05, 4.69) is 65.4 Å². The minimum absolute atomic E-state index is 0.812. The fourth-order valence-corrected chi connectivity index (χ4v) is 8.87. The number of aromatic nitrogens is 2. The van der Waals surface area contributed by atoms with Crippen molar-refractivity contribution < 1.29 is 4.74 Å². The van der Waals surface area contributed by atoms with Crippen molar-refractivity contribution >= 4 is 56.8 Å². The molecule has 218 valence electrons. The summed E-state index contributed by atoms with van der Waals surface area (Å²) in [6.45, 7) is 5.37. The molecule has 0 amide bonds. The van der Waals surface area contributed by atoms with Crippen LogP contribution in [-0.2, 0) is 6.42 Å². The van der Waals surface area contributed by atoms with E-state index in [9.17, 15) is 0 Å². The van der Waals surface area contributed by atoms with Crippen LogP contribution in [0.15, 0.2) is 47.2 Å². The first kappa shape index (κ1) is 30.4. The van der Waals surface area contributed by atoms with Crippen molar-refractivity contribution in [2.45, 2.75) is 97.3 Å². The molecule has 0 radical (unpaired) electrons. The molecule has 0 atom stereocenters. The maximum Gasteiger partial charge on any atom is 0.141 e. The van der Waals surface area contributed by atoms with Crippen molar-refractivity contribution in [3.8, 4) is 36.4 Å². The van der Waals surface area contributed by atoms with Crippen LogP contribution >= 0.6 is 45.7 Å². The molecule has 4 heterocycles. The Morgan fingerprint density at radius 1 is 0.659 bits per heavy atom. The van der Waals surface area contributed by atoms with Gasteiger partial charge in [0.05, 0.1) is 23.2 Å². The second-order valence-electron chi connectivity index (χ2n) is 10.8. The van der Waals surface area contributed by atoms with Crippen LogP contribution in [0.5, 0.6) is 5.75 Å². The monoisotopic (exact) mass is 622 g/mol. The van der Waals surface area contributed by atoms with E-state index in [1.165, 1.54) is 119 Å². The summed E-state index contributed by atoms with van der Waals surface area (Å²) in [4.78, 5) is 5.06. The minimum Gasteiger partial charge on any atom is -0.492 e. The summed E-state index contributed by atoms with van der Waals surface area (Å²) in [6.07, 6.45) is 16.7. The molecule has 0 aliphatic rings. The van der Waals surface area contributed by atoms with Crippen LogP contribution in [0.3, 0.4) is 0 Å². The van der Waals surface area contributed by atoms with Crippen LogP contribution < -0.4 is 4.74 Å². The van der Waals surface area contributed by atoms with Gasteiger partial charge in [0.15, 0.2) is 0 Å². The highest BCUT2D eigenvalue weighted by Gasteiger charge is 2.19. The molecule has 41 heavy (non-hydrogen) atoms. The molecule has 7 heteroatoms. The van der Waals surface area contributed by atoms with E-state index < -0.39 is 0 Å². The number of benzene rings is 1. The molecular formula is C34H42N2OS4. The van der Waals surface area contributed by atoms with Crippen molar-refractivity contribution in [3.05, 3.63) is 52.7 Å². The minimum atomic E-state index is 0.812. The topological polar surface area (TPSA) is 35.0 Å². The highest BCUT2D eigenvalue weighted by Crippen LogP contribution is 2.46. The summed E-state index contributed by atoms with van der Waals surface area (Å²) in [5.41, 5.74) is 5.75. The maximum absolute atomic E-state index is 6.59. The molecule has 0 spiro atoms. The summed E-state index contributed by atoms with van der Waals surface area (Å²) in [6, 6.07) is 13.2. The zero-order chi connectivity index (χ0) is 28.3. The lowest BCUT2D eigenvalue weighted by Crippen LogP contribution is -2.00. The second-order valence-corrected chi connectivity index (χ2v) is 14.3. The first-order chi connectivity index (χ1) is 20.3. The summed E-state index contributed by atoms with van der Waals surface area (Å²) in [5, 5.41) is 4.48. The predicted octanol–water partition coefficient (Wildman–Crippen LogP) is 12.5. The molecule has 5 aromatic rings. The number of ether oxygens (including phenoxy) is 1. The Kier molecular flexibility index (Phi) is 11.8. The van der Waals surface area contributed by atoms with Gasteiger partial charge in [0, 0.05) is 31.3 Å². The lowest BCUT2D eigenvalue weighted by atomic mass is 10.1. The fourth-order valence-electron chi connectivity index (χ4n) is 5.34. The van der Waals surface area contributed by atoms with Gasteiger partial charge in [0.2, 0.25) is 0 Å². The van der Waals surface area contributed by atoms with Crippen LogP contribution in [0.25, 0.3) is 41.7 Å². The Bertz CT molecular complexity index is 1460. The summed E-state index contributed by atoms with van der Waals surface area (Å²) < 4.78 is 16.0. The highest BCUT2D eigenvalue weighted by molar-refractivity contribution is 7.23. The second kappa shape index (κ2) is 16.0. The molecule has 1 aromatic carbocycles. The average molecular weight is 623 g/mol. The molecule has 0 aliphatic carbocycles. The van der Waals surface area contributed by atoms with Gasteiger partial charge in [0.1, 0.15) is 16.8 Å². The molecule has 0 unspecified atom stereocenters. The van der Waals surface area contributed by atoms with E-state index in [1.54, 1.807) is 11.3 Å². The Morgan fingerprint density at radius 2 is 1.32 bits per heavy atom. The molecular weight excluding hydrogens is 581 g/mol. The quantitative estimate of drug-likeness (QED) is 0.0912. The van der Waals surface area contributed by atoms with Crippen LogP contribution in [0.4, 0.5) is 0 Å². The zero-order valence-electron chi connectivity index (χ0n) is 24.5. The van der Waals surface area contributed by atoms with Crippen molar-refractivity contribution in [1.82, 2.24) is 8.75 Å². The number of aryl methyl sites for hydroxylation is 1. The summed E-state index contributed by atoms with van der Waals surface area (Å²) in [5.74, 6) is 1.14. The third-order valence-electron chi connectivity index (χ3n) is 7.66. The third kappa shape index (κ3) is 7.86. The third-order valence-corrected chi connectivity index (χ3v) is 11.4. The van der Waals surface area contributed by atoms with Crippen molar-refractivity contribution in [2.24, 2.45) is 0 Å². The van der Waals surface area contributed by atoms with E-state index in [1.807, 2.05) is 22.7 Å². The first-order valence-electron chi connectivity index (χ1n) is 15.4. The molecule has 3 nitrogen and oxygen atoms in total. The smallest absolute Gasteiger partial charge is 0.141 e. The predicted molar refractivity (Wildman–Crippen MR) is 183 cm³/mol. The number of rotatable bonds is 18. The van der Waals surface area contributed by atoms with Gasteiger partial charge in [-0.3, -0.25) is 0 Å². The fraction of sp³-hybridized carbons (Fsp3) is 0.471. The zero-order valence-corrected chi connectivity index (χ0v) is 27.7. The Balaban J connectivity index is 1.33. The SMILES string of the molecule is CCCCCCCCOc1c(CCCCCCCC)csc1-c1ccc(-c2ccc(-c3cccs3)c3nsnc23)s1. The lowest BCUT2D eigenvalue weighted by molar-refractivity contribution is 0.303. The Labute approximate surface area is 262 Å². The summed E-state index contributed by atoms with van der Waals surface area (Å²) >= 11 is 6.75. The number of unbranched alkanes of at least 4 members (excludes halogenated alkanes) is 10. The molecule has 0 N–H and O–H groups in total. The van der Waals surface area contributed by atoms with Gasteiger partial charge in [-0.1, -0.05) is 96.3 Å². The van der Waals surface area contributed by atoms with Crippen LogP contribution in [0, 0.1) is 0 Å². The average Bonchev–Trinajstić information content (AvgIpc) is 3.81. The largest absolute Gasteiger partial charge is 0.492 e. The highest BCUT2D eigenvalue weighted by atomic mass is 32.1. The molecule has 0 saturated carbocycles. The number of hydrogen-bond acceptors (Lipinski definition) is 7. The van der Waals surface area contributed by atoms with E-state index in [0.29, 0.717) is 0 Å². The van der Waals surface area contributed by atoms with Crippen molar-refractivity contribution in [2.75, 3.05) is 6.61 Å². The molecule has 4 aromatic heterocycles. The van der Waals surface area contributed by atoms with Gasteiger partial charge >= 0.3 is 0 Å². The molecule has 5 rings (SSSR count). The van der Waals surface area contributed by atoms with E-state index in [-0.39, 0.29) is 0 Å². The number of thiophene rings is 3. The lowest BCUT2D eigenvalue weighted by Gasteiger charge is -2.10. The number of nitrogens with zero attached hydrogens (tertiary/aromatic N) is 2. The molecule has 0 bridgehead atoms. The van der Waals surface area contributed by atoms with E-state index >= 15 is 0 Å². The maximum atomic E-state index is 6.59. The van der Waals surface area contributed by atoms with Crippen LogP contribution in [0.2, 0.25) is 0 Å². The van der Waals surface area contributed by atoms with Crippen molar-refractivity contribution in [3.63, 3.8) is 0 Å². The van der Waals surface area contributed by atoms with Crippen molar-refractivity contribution in [1.29, 1.82) is 0 Å². The number of fused-ring (bicyclic) bond motifs is 1. The van der Waals surface area contributed by atoms with Gasteiger partial charge in [-0.2, -0.15) is 8.75 Å². The van der Waals surface area contributed by atoms with Gasteiger partial charge in [-0.15, -0.1) is 34.0 Å². The first-order valence-corrected chi connectivity index (χ1v) is 18.7. The summed E-state index contributed by atoms with van der Waals surface area (Å²) in [7, 11) is 0. The molecule has 0 fully saturated rings. The van der Waals surface area contributed by atoms with Gasteiger partial charge < -0.3 is 4.74 Å². The van der Waals surface area contributed by atoms with Crippen LogP contribution in [-0.4, -0.2) is 15.4 Å². The van der Waals surface area contributed by atoms with Gasteiger partial charge in [-0.25, -0.2) is 0 Å². The standard InChI is InChI=1S/C34H42N2OS4/c1-3-5-7-9-11-13-16-25-24-39-34(33(25)37-22-14-12-10-8-6-4-2)30-21-20-29(40-30)27-19-18-26(28-17-15-23-38-28)31-32(27)36-41-35-31/h15,17-21,23-24H,3-14,16,22H2,1-2H3. The van der Waals surface area contributed by atoms with E-state index in [4.69, 9.17) is 9.11 Å².